The average molecular weight is 419 g/mol. The fourth-order valence-corrected chi connectivity index (χ4v) is 3.71. The molecule has 0 unspecified atom stereocenters. The molecule has 0 bridgehead atoms. The van der Waals surface area contributed by atoms with Crippen molar-refractivity contribution in [1.82, 2.24) is 14.8 Å². The van der Waals surface area contributed by atoms with Gasteiger partial charge >= 0.3 is 5.97 Å². The highest BCUT2D eigenvalue weighted by Crippen LogP contribution is 2.24. The Morgan fingerprint density at radius 2 is 2.04 bits per heavy atom. The van der Waals surface area contributed by atoms with Crippen molar-refractivity contribution in [1.29, 1.82) is 0 Å². The zero-order valence-electron chi connectivity index (χ0n) is 15.5. The lowest BCUT2D eigenvalue weighted by Crippen LogP contribution is -2.47. The van der Waals surface area contributed by atoms with Crippen molar-refractivity contribution in [2.45, 2.75) is 26.3 Å². The van der Waals surface area contributed by atoms with Crippen LogP contribution in [0.4, 0.5) is 5.13 Å². The van der Waals surface area contributed by atoms with Gasteiger partial charge in [-0.3, -0.25) is 14.9 Å². The van der Waals surface area contributed by atoms with Gasteiger partial charge < -0.3 is 4.74 Å². The lowest BCUT2D eigenvalue weighted by atomic mass is 10.1. The smallest absolute Gasteiger partial charge is 0.357 e. The first-order valence-corrected chi connectivity index (χ1v) is 10.2. The van der Waals surface area contributed by atoms with E-state index in [9.17, 15) is 14.4 Å². The summed E-state index contributed by atoms with van der Waals surface area (Å²) < 4.78 is 6.04. The summed E-state index contributed by atoms with van der Waals surface area (Å²) in [7, 11) is 0. The van der Waals surface area contributed by atoms with Crippen LogP contribution in [0.5, 0.6) is 0 Å². The molecule has 0 saturated heterocycles. The van der Waals surface area contributed by atoms with Gasteiger partial charge in [0, 0.05) is 11.4 Å². The minimum atomic E-state index is -1.28. The third kappa shape index (κ3) is 4.02. The minimum absolute atomic E-state index is 0.120. The van der Waals surface area contributed by atoms with E-state index in [0.717, 1.165) is 20.9 Å². The molecule has 3 rings (SSSR count). The van der Waals surface area contributed by atoms with Crippen LogP contribution in [0.15, 0.2) is 39.8 Å². The third-order valence-electron chi connectivity index (χ3n) is 3.87. The summed E-state index contributed by atoms with van der Waals surface area (Å²) >= 11 is 2.59. The quantitative estimate of drug-likeness (QED) is 0.617. The van der Waals surface area contributed by atoms with Crippen LogP contribution in [0.2, 0.25) is 0 Å². The van der Waals surface area contributed by atoms with Gasteiger partial charge in [-0.2, -0.15) is 5.10 Å². The maximum absolute atomic E-state index is 12.8. The number of carbonyl (C=O) groups excluding carboxylic acids is 2. The van der Waals surface area contributed by atoms with Gasteiger partial charge in [0.05, 0.1) is 11.5 Å². The van der Waals surface area contributed by atoms with E-state index < -0.39 is 23.0 Å². The second-order valence-corrected chi connectivity index (χ2v) is 8.02. The average Bonchev–Trinajstić information content (AvgIpc) is 3.34. The van der Waals surface area contributed by atoms with Crippen molar-refractivity contribution in [3.05, 3.63) is 51.1 Å². The van der Waals surface area contributed by atoms with Crippen LogP contribution in [0.3, 0.4) is 0 Å². The molecule has 146 valence electrons. The Labute approximate surface area is 168 Å². The van der Waals surface area contributed by atoms with Gasteiger partial charge in [0.1, 0.15) is 11.2 Å². The molecule has 3 aromatic heterocycles. The van der Waals surface area contributed by atoms with Gasteiger partial charge in [0.15, 0.2) is 10.8 Å². The molecular formula is C18H18N4O4S2. The molecule has 0 radical (unpaired) electrons. The number of thiophene rings is 1. The number of carbonyl (C=O) groups is 2. The van der Waals surface area contributed by atoms with Crippen LogP contribution in [-0.2, 0) is 15.1 Å². The molecule has 28 heavy (non-hydrogen) atoms. The second kappa shape index (κ2) is 8.03. The monoisotopic (exact) mass is 418 g/mol. The molecule has 0 aliphatic heterocycles. The van der Waals surface area contributed by atoms with Crippen molar-refractivity contribution in [3.63, 3.8) is 0 Å². The number of thiazole rings is 1. The highest BCUT2D eigenvalue weighted by molar-refractivity contribution is 7.14. The number of hydrogen-bond acceptors (Lipinski definition) is 8. The summed E-state index contributed by atoms with van der Waals surface area (Å²) in [6.07, 6.45) is 0. The Hall–Kier alpha value is -2.85. The number of ether oxygens (including phenoxy) is 1. The van der Waals surface area contributed by atoms with Gasteiger partial charge in [-0.1, -0.05) is 6.07 Å². The first kappa shape index (κ1) is 19.9. The number of aromatic nitrogens is 3. The van der Waals surface area contributed by atoms with Crippen molar-refractivity contribution in [3.8, 4) is 10.6 Å². The molecule has 0 saturated carbocycles. The molecule has 3 aromatic rings. The summed E-state index contributed by atoms with van der Waals surface area (Å²) in [6.45, 7) is 5.12. The molecule has 10 heteroatoms. The van der Waals surface area contributed by atoms with Crippen LogP contribution in [-0.4, -0.2) is 33.2 Å². The standard InChI is InChI=1S/C18H18N4O4S2/c1-4-26-15(24)12-10-28-17(19-12)20-16(25)18(2,3)22-14(23)8-7-11(21-22)13-6-5-9-27-13/h5-10H,4H2,1-3H3,(H,19,20,25). The predicted octanol–water partition coefficient (Wildman–Crippen LogP) is 2.98. The van der Waals surface area contributed by atoms with E-state index in [2.05, 4.69) is 15.4 Å². The van der Waals surface area contributed by atoms with Crippen LogP contribution in [0, 0.1) is 0 Å². The fourth-order valence-electron chi connectivity index (χ4n) is 2.34. The van der Waals surface area contributed by atoms with Gasteiger partial charge in [0.25, 0.3) is 11.5 Å². The van der Waals surface area contributed by atoms with Gasteiger partial charge in [-0.25, -0.2) is 14.5 Å². The van der Waals surface area contributed by atoms with Crippen molar-refractivity contribution >= 4 is 39.7 Å². The number of nitrogens with one attached hydrogen (secondary N) is 1. The molecule has 1 amide bonds. The Bertz CT molecular complexity index is 1050. The van der Waals surface area contributed by atoms with Crippen molar-refractivity contribution in [2.75, 3.05) is 11.9 Å². The maximum atomic E-state index is 12.8. The van der Waals surface area contributed by atoms with Crippen LogP contribution >= 0.6 is 22.7 Å². The Balaban J connectivity index is 1.84. The summed E-state index contributed by atoms with van der Waals surface area (Å²) in [5.74, 6) is -1.03. The van der Waals surface area contributed by atoms with E-state index in [0.29, 0.717) is 5.69 Å². The van der Waals surface area contributed by atoms with Crippen LogP contribution < -0.4 is 10.9 Å². The second-order valence-electron chi connectivity index (χ2n) is 6.22. The summed E-state index contributed by atoms with van der Waals surface area (Å²) in [6, 6.07) is 6.80. The summed E-state index contributed by atoms with van der Waals surface area (Å²) in [5.41, 5.74) is -0.948. The molecule has 0 spiro atoms. The number of esters is 1. The molecular weight excluding hydrogens is 400 g/mol. The first-order chi connectivity index (χ1) is 13.3. The predicted molar refractivity (Wildman–Crippen MR) is 108 cm³/mol. The Morgan fingerprint density at radius 3 is 2.71 bits per heavy atom. The number of amides is 1. The van der Waals surface area contributed by atoms with E-state index in [-0.39, 0.29) is 17.4 Å². The van der Waals surface area contributed by atoms with Crippen LogP contribution in [0.25, 0.3) is 10.6 Å². The molecule has 0 aromatic carbocycles. The normalized spacial score (nSPS) is 11.2. The maximum Gasteiger partial charge on any atom is 0.357 e. The van der Waals surface area contributed by atoms with Gasteiger partial charge in [-0.05, 0) is 38.3 Å². The zero-order valence-corrected chi connectivity index (χ0v) is 17.1. The SMILES string of the molecule is CCOC(=O)c1csc(NC(=O)C(C)(C)n2nc(-c3cccs3)ccc2=O)n1. The Morgan fingerprint density at radius 1 is 1.25 bits per heavy atom. The molecule has 1 N–H and O–H groups in total. The van der Waals surface area contributed by atoms with Crippen molar-refractivity contribution in [2.24, 2.45) is 0 Å². The summed E-state index contributed by atoms with van der Waals surface area (Å²) in [4.78, 5) is 41.9. The minimum Gasteiger partial charge on any atom is -0.461 e. The number of anilines is 1. The molecule has 0 aliphatic carbocycles. The molecule has 3 heterocycles. The highest BCUT2D eigenvalue weighted by Gasteiger charge is 2.33. The largest absolute Gasteiger partial charge is 0.461 e. The number of rotatable bonds is 6. The highest BCUT2D eigenvalue weighted by atomic mass is 32.1. The van der Waals surface area contributed by atoms with Crippen molar-refractivity contribution < 1.29 is 14.3 Å². The van der Waals surface area contributed by atoms with E-state index in [1.54, 1.807) is 26.8 Å². The first-order valence-electron chi connectivity index (χ1n) is 8.41. The van der Waals surface area contributed by atoms with Gasteiger partial charge in [0.2, 0.25) is 0 Å². The third-order valence-corrected chi connectivity index (χ3v) is 5.52. The molecule has 0 fully saturated rings. The van der Waals surface area contributed by atoms with E-state index >= 15 is 0 Å². The van der Waals surface area contributed by atoms with E-state index in [1.807, 2.05) is 17.5 Å². The number of hydrogen-bond donors (Lipinski definition) is 1. The lowest BCUT2D eigenvalue weighted by molar-refractivity contribution is -0.123. The number of nitrogens with zero attached hydrogens (tertiary/aromatic N) is 3. The lowest BCUT2D eigenvalue weighted by Gasteiger charge is -2.24. The van der Waals surface area contributed by atoms with Crippen LogP contribution in [0.1, 0.15) is 31.3 Å². The van der Waals surface area contributed by atoms with E-state index in [1.165, 1.54) is 22.8 Å². The molecule has 0 atom stereocenters. The summed E-state index contributed by atoms with van der Waals surface area (Å²) in [5, 5.41) is 10.7. The fraction of sp³-hybridized carbons (Fsp3) is 0.278. The van der Waals surface area contributed by atoms with Gasteiger partial charge in [-0.15, -0.1) is 22.7 Å². The Kier molecular flexibility index (Phi) is 5.71. The molecule has 8 nitrogen and oxygen atoms in total. The molecule has 0 aliphatic rings. The zero-order chi connectivity index (χ0) is 20.3. The van der Waals surface area contributed by atoms with E-state index in [4.69, 9.17) is 4.74 Å². The topological polar surface area (TPSA) is 103 Å².